The van der Waals surface area contributed by atoms with Crippen molar-refractivity contribution in [1.29, 1.82) is 0 Å². The minimum absolute atomic E-state index is 0.572. The van der Waals surface area contributed by atoms with E-state index >= 15 is 0 Å². The Hall–Kier alpha value is -1.57. The minimum Gasteiger partial charge on any atom is -0.334 e. The summed E-state index contributed by atoms with van der Waals surface area (Å²) < 4.78 is 2.45. The molecule has 0 aliphatic heterocycles. The van der Waals surface area contributed by atoms with Crippen molar-refractivity contribution in [3.8, 4) is 0 Å². The quantitative estimate of drug-likeness (QED) is 0.0757. The van der Waals surface area contributed by atoms with Gasteiger partial charge >= 0.3 is 0 Å². The Morgan fingerprint density at radius 1 is 0.500 bits per heavy atom. The van der Waals surface area contributed by atoms with Gasteiger partial charge in [0.15, 0.2) is 0 Å². The van der Waals surface area contributed by atoms with Crippen molar-refractivity contribution in [2.24, 2.45) is 5.92 Å². The molecular weight excluding hydrogens is 532 g/mol. The zero-order valence-corrected chi connectivity index (χ0v) is 29.7. The fourth-order valence-corrected chi connectivity index (χ4v) is 7.24. The van der Waals surface area contributed by atoms with Crippen molar-refractivity contribution in [1.82, 2.24) is 9.55 Å². The van der Waals surface area contributed by atoms with E-state index in [9.17, 15) is 0 Å². The van der Waals surface area contributed by atoms with Gasteiger partial charge in [-0.2, -0.15) is 0 Å². The van der Waals surface area contributed by atoms with Crippen molar-refractivity contribution in [3.05, 3.63) is 54.6 Å². The molecule has 1 aromatic carbocycles. The van der Waals surface area contributed by atoms with E-state index in [1.54, 1.807) is 0 Å². The molecule has 44 heavy (non-hydrogen) atoms. The second-order valence-corrected chi connectivity index (χ2v) is 14.1. The molecule has 0 saturated heterocycles. The predicted octanol–water partition coefficient (Wildman–Crippen LogP) is 14.2. The van der Waals surface area contributed by atoms with E-state index in [4.69, 9.17) is 0 Å². The van der Waals surface area contributed by atoms with Gasteiger partial charge in [0, 0.05) is 18.4 Å². The van der Waals surface area contributed by atoms with Crippen molar-refractivity contribution in [2.45, 2.75) is 206 Å². The highest BCUT2D eigenvalue weighted by Gasteiger charge is 2.23. The largest absolute Gasteiger partial charge is 0.334 e. The van der Waals surface area contributed by atoms with Crippen molar-refractivity contribution in [3.63, 3.8) is 0 Å². The summed E-state index contributed by atoms with van der Waals surface area (Å²) in [5.74, 6) is 0.691. The van der Waals surface area contributed by atoms with Crippen LogP contribution in [0.2, 0.25) is 0 Å². The van der Waals surface area contributed by atoms with Crippen LogP contribution in [0.25, 0.3) is 0 Å². The van der Waals surface area contributed by atoms with E-state index in [0.717, 1.165) is 0 Å². The Kier molecular flexibility index (Phi) is 25.3. The van der Waals surface area contributed by atoms with Crippen LogP contribution in [0.4, 0.5) is 0 Å². The molecule has 1 heterocycles. The molecule has 0 bridgehead atoms. The highest BCUT2D eigenvalue weighted by molar-refractivity contribution is 5.15. The molecule has 0 N–H and O–H groups in total. The smallest absolute Gasteiger partial charge is 0.0948 e. The predicted molar refractivity (Wildman–Crippen MR) is 196 cm³/mol. The summed E-state index contributed by atoms with van der Waals surface area (Å²) in [5, 5.41) is 0. The van der Waals surface area contributed by atoms with Gasteiger partial charge in [-0.1, -0.05) is 211 Å². The van der Waals surface area contributed by atoms with Crippen LogP contribution >= 0.6 is 0 Å². The zero-order valence-electron chi connectivity index (χ0n) is 29.7. The molecule has 2 unspecified atom stereocenters. The van der Waals surface area contributed by atoms with E-state index < -0.39 is 0 Å². The highest BCUT2D eigenvalue weighted by Crippen LogP contribution is 2.32. The average Bonchev–Trinajstić information content (AvgIpc) is 3.58. The third-order valence-corrected chi connectivity index (χ3v) is 10.1. The van der Waals surface area contributed by atoms with Crippen LogP contribution < -0.4 is 0 Å². The molecule has 252 valence electrons. The lowest BCUT2D eigenvalue weighted by atomic mass is 9.84. The number of benzene rings is 1. The Morgan fingerprint density at radius 2 is 0.909 bits per heavy atom. The van der Waals surface area contributed by atoms with Crippen molar-refractivity contribution < 1.29 is 0 Å². The maximum atomic E-state index is 4.48. The van der Waals surface area contributed by atoms with E-state index in [1.165, 1.54) is 192 Å². The first kappa shape index (κ1) is 38.6. The summed E-state index contributed by atoms with van der Waals surface area (Å²) in [4.78, 5) is 4.48. The van der Waals surface area contributed by atoms with Gasteiger partial charge in [0.1, 0.15) is 0 Å². The first-order chi connectivity index (χ1) is 21.8. The molecule has 0 radical (unpaired) electrons. The topological polar surface area (TPSA) is 17.8 Å². The summed E-state index contributed by atoms with van der Waals surface area (Å²) in [6.07, 6.45) is 47.2. The van der Waals surface area contributed by atoms with E-state index in [2.05, 4.69) is 66.3 Å². The molecule has 0 fully saturated rings. The standard InChI is InChI=1S/C42H74N2/c1-3-5-7-9-11-13-15-16-17-18-20-22-24-26-31-35-42(44-37-36-43-39-44)41(38-40-32-28-27-29-33-40)34-30-25-23-21-19-14-12-10-8-6-4-2/h27-29,32-33,36-37,39,41-42H,3-26,30-31,34-35,38H2,1-2H3. The Bertz CT molecular complexity index is 814. The summed E-state index contributed by atoms with van der Waals surface area (Å²) in [5.41, 5.74) is 1.50. The van der Waals surface area contributed by atoms with Crippen molar-refractivity contribution >= 4 is 0 Å². The van der Waals surface area contributed by atoms with Gasteiger partial charge in [-0.05, 0) is 30.7 Å². The van der Waals surface area contributed by atoms with Crippen LogP contribution in [-0.2, 0) is 6.42 Å². The SMILES string of the molecule is CCCCCCCCCCCCCCCCCC(C(CCCCCCCCCCCCC)Cc1ccccc1)n1ccnc1. The Balaban J connectivity index is 1.67. The molecule has 1 aromatic heterocycles. The minimum atomic E-state index is 0.572. The lowest BCUT2D eigenvalue weighted by Crippen LogP contribution is -2.21. The van der Waals surface area contributed by atoms with E-state index in [1.807, 2.05) is 6.20 Å². The van der Waals surface area contributed by atoms with Gasteiger partial charge in [0.2, 0.25) is 0 Å². The Morgan fingerprint density at radius 3 is 1.32 bits per heavy atom. The van der Waals surface area contributed by atoms with Crippen LogP contribution in [-0.4, -0.2) is 9.55 Å². The molecule has 0 aliphatic carbocycles. The number of nitrogens with zero attached hydrogens (tertiary/aromatic N) is 2. The van der Waals surface area contributed by atoms with Crippen LogP contribution in [0.1, 0.15) is 205 Å². The zero-order chi connectivity index (χ0) is 31.2. The molecule has 0 saturated carbocycles. The lowest BCUT2D eigenvalue weighted by molar-refractivity contribution is 0.275. The molecule has 0 amide bonds. The number of unbranched alkanes of at least 4 members (excludes halogenated alkanes) is 24. The number of aromatic nitrogens is 2. The fourth-order valence-electron chi connectivity index (χ4n) is 7.24. The molecule has 0 aliphatic rings. The van der Waals surface area contributed by atoms with Crippen molar-refractivity contribution in [2.75, 3.05) is 0 Å². The van der Waals surface area contributed by atoms with Gasteiger partial charge in [0.25, 0.3) is 0 Å². The highest BCUT2D eigenvalue weighted by atomic mass is 15.1. The third-order valence-electron chi connectivity index (χ3n) is 10.1. The summed E-state index contributed by atoms with van der Waals surface area (Å²) in [7, 11) is 0. The van der Waals surface area contributed by atoms with Gasteiger partial charge in [-0.15, -0.1) is 0 Å². The molecule has 2 rings (SSSR count). The van der Waals surface area contributed by atoms with Crippen LogP contribution in [0, 0.1) is 5.92 Å². The first-order valence-electron chi connectivity index (χ1n) is 19.9. The first-order valence-corrected chi connectivity index (χ1v) is 19.9. The Labute approximate surface area is 275 Å². The maximum absolute atomic E-state index is 4.48. The van der Waals surface area contributed by atoms with Gasteiger partial charge in [-0.25, -0.2) is 4.98 Å². The second-order valence-electron chi connectivity index (χ2n) is 14.1. The summed E-state index contributed by atoms with van der Waals surface area (Å²) in [6.45, 7) is 4.62. The van der Waals surface area contributed by atoms with E-state index in [0.29, 0.717) is 12.0 Å². The van der Waals surface area contributed by atoms with Gasteiger partial charge in [0.05, 0.1) is 6.33 Å². The molecule has 2 atom stereocenters. The molecule has 0 spiro atoms. The third kappa shape index (κ3) is 20.5. The fraction of sp³-hybridized carbons (Fsp3) is 0.786. The van der Waals surface area contributed by atoms with Gasteiger partial charge in [-0.3, -0.25) is 0 Å². The summed E-state index contributed by atoms with van der Waals surface area (Å²) in [6, 6.07) is 11.8. The summed E-state index contributed by atoms with van der Waals surface area (Å²) >= 11 is 0. The van der Waals surface area contributed by atoms with Crippen LogP contribution in [0.5, 0.6) is 0 Å². The average molecular weight is 607 g/mol. The molecule has 2 aromatic rings. The van der Waals surface area contributed by atoms with Crippen LogP contribution in [0.15, 0.2) is 49.1 Å². The number of hydrogen-bond acceptors (Lipinski definition) is 1. The number of rotatable bonds is 32. The monoisotopic (exact) mass is 607 g/mol. The normalized spacial score (nSPS) is 13.0. The number of imidazole rings is 1. The molecule has 2 nitrogen and oxygen atoms in total. The van der Waals surface area contributed by atoms with Gasteiger partial charge < -0.3 is 4.57 Å². The molecule has 2 heteroatoms. The lowest BCUT2D eigenvalue weighted by Gasteiger charge is -2.29. The second kappa shape index (κ2) is 28.9. The maximum Gasteiger partial charge on any atom is 0.0948 e. The molecular formula is C42H74N2. The number of hydrogen-bond donors (Lipinski definition) is 0. The van der Waals surface area contributed by atoms with Crippen LogP contribution in [0.3, 0.4) is 0 Å². The van der Waals surface area contributed by atoms with E-state index in [-0.39, 0.29) is 0 Å².